The SMILES string of the molecule is COc1ccc(C(=O)NCc2nnc(SCc3cccc(F)c3)n2-c2cccc(F)c2)cc1. The Labute approximate surface area is 193 Å². The highest BCUT2D eigenvalue weighted by Crippen LogP contribution is 2.26. The third-order valence-electron chi connectivity index (χ3n) is 4.78. The summed E-state index contributed by atoms with van der Waals surface area (Å²) in [6.07, 6.45) is 0. The van der Waals surface area contributed by atoms with Gasteiger partial charge < -0.3 is 10.1 Å². The summed E-state index contributed by atoms with van der Waals surface area (Å²) in [5.74, 6) is 0.516. The van der Waals surface area contributed by atoms with Crippen molar-refractivity contribution in [2.45, 2.75) is 17.5 Å². The average Bonchev–Trinajstić information content (AvgIpc) is 3.24. The van der Waals surface area contributed by atoms with Crippen LogP contribution in [0.25, 0.3) is 5.69 Å². The predicted octanol–water partition coefficient (Wildman–Crippen LogP) is 4.78. The van der Waals surface area contributed by atoms with E-state index in [0.717, 1.165) is 5.56 Å². The molecule has 3 aromatic carbocycles. The van der Waals surface area contributed by atoms with Gasteiger partial charge in [-0.1, -0.05) is 30.0 Å². The van der Waals surface area contributed by atoms with Crippen LogP contribution in [0.3, 0.4) is 0 Å². The lowest BCUT2D eigenvalue weighted by molar-refractivity contribution is 0.0949. The standard InChI is InChI=1S/C24H20F2N4O2S/c1-32-21-10-8-17(9-11-21)23(31)27-14-22-28-29-24(30(22)20-7-3-6-19(26)13-20)33-15-16-4-2-5-18(25)12-16/h2-13H,14-15H2,1H3,(H,27,31). The minimum atomic E-state index is -0.407. The highest BCUT2D eigenvalue weighted by atomic mass is 32.2. The maximum atomic E-state index is 13.9. The first-order valence-corrected chi connectivity index (χ1v) is 11.0. The molecule has 4 rings (SSSR count). The topological polar surface area (TPSA) is 69.0 Å². The molecule has 0 saturated carbocycles. The smallest absolute Gasteiger partial charge is 0.251 e. The first-order valence-electron chi connectivity index (χ1n) is 10.0. The normalized spacial score (nSPS) is 10.8. The first kappa shape index (κ1) is 22.5. The Kier molecular flexibility index (Phi) is 6.99. The number of nitrogens with one attached hydrogen (secondary N) is 1. The summed E-state index contributed by atoms with van der Waals surface area (Å²) in [6, 6.07) is 19.0. The van der Waals surface area contributed by atoms with E-state index < -0.39 is 5.82 Å². The minimum absolute atomic E-state index is 0.0783. The quantitative estimate of drug-likeness (QED) is 0.379. The molecule has 0 aliphatic heterocycles. The van der Waals surface area contributed by atoms with Gasteiger partial charge in [-0.15, -0.1) is 10.2 Å². The van der Waals surface area contributed by atoms with Gasteiger partial charge in [-0.2, -0.15) is 0 Å². The monoisotopic (exact) mass is 466 g/mol. The summed E-state index contributed by atoms with van der Waals surface area (Å²) in [5, 5.41) is 11.7. The second-order valence-corrected chi connectivity index (χ2v) is 7.99. The summed E-state index contributed by atoms with van der Waals surface area (Å²) in [6.45, 7) is 0.0783. The molecule has 9 heteroatoms. The zero-order valence-electron chi connectivity index (χ0n) is 17.7. The van der Waals surface area contributed by atoms with Gasteiger partial charge in [0.2, 0.25) is 0 Å². The summed E-state index contributed by atoms with van der Waals surface area (Å²) >= 11 is 1.34. The van der Waals surface area contributed by atoms with E-state index in [9.17, 15) is 13.6 Å². The number of ether oxygens (including phenoxy) is 1. The number of aromatic nitrogens is 3. The van der Waals surface area contributed by atoms with Crippen molar-refractivity contribution in [3.05, 3.63) is 101 Å². The van der Waals surface area contributed by atoms with E-state index >= 15 is 0 Å². The highest BCUT2D eigenvalue weighted by molar-refractivity contribution is 7.98. The minimum Gasteiger partial charge on any atom is -0.497 e. The number of carbonyl (C=O) groups is 1. The largest absolute Gasteiger partial charge is 0.497 e. The molecule has 0 aliphatic carbocycles. The van der Waals surface area contributed by atoms with Crippen LogP contribution in [0.2, 0.25) is 0 Å². The van der Waals surface area contributed by atoms with Crippen LogP contribution in [0, 0.1) is 11.6 Å². The molecular formula is C24H20F2N4O2S. The number of thioether (sulfide) groups is 1. The second-order valence-electron chi connectivity index (χ2n) is 7.04. The molecule has 6 nitrogen and oxygen atoms in total. The van der Waals surface area contributed by atoms with Gasteiger partial charge >= 0.3 is 0 Å². The average molecular weight is 467 g/mol. The van der Waals surface area contributed by atoms with Gasteiger partial charge in [0, 0.05) is 11.3 Å². The number of hydrogen-bond donors (Lipinski definition) is 1. The Balaban J connectivity index is 1.55. The van der Waals surface area contributed by atoms with Crippen molar-refractivity contribution in [3.63, 3.8) is 0 Å². The molecule has 168 valence electrons. The zero-order valence-corrected chi connectivity index (χ0v) is 18.5. The number of nitrogens with zero attached hydrogens (tertiary/aromatic N) is 3. The van der Waals surface area contributed by atoms with Crippen molar-refractivity contribution < 1.29 is 18.3 Å². The lowest BCUT2D eigenvalue weighted by atomic mass is 10.2. The lowest BCUT2D eigenvalue weighted by Crippen LogP contribution is -2.24. The van der Waals surface area contributed by atoms with Gasteiger partial charge in [-0.05, 0) is 60.2 Å². The maximum Gasteiger partial charge on any atom is 0.251 e. The number of methoxy groups -OCH3 is 1. The third kappa shape index (κ3) is 5.56. The molecule has 0 aliphatic rings. The van der Waals surface area contributed by atoms with Crippen molar-refractivity contribution in [1.82, 2.24) is 20.1 Å². The Bertz CT molecular complexity index is 1260. The predicted molar refractivity (Wildman–Crippen MR) is 121 cm³/mol. The van der Waals surface area contributed by atoms with Gasteiger partial charge in [-0.25, -0.2) is 8.78 Å². The molecule has 0 fully saturated rings. The third-order valence-corrected chi connectivity index (χ3v) is 5.78. The van der Waals surface area contributed by atoms with Crippen molar-refractivity contribution in [2.75, 3.05) is 7.11 Å². The number of benzene rings is 3. The van der Waals surface area contributed by atoms with Gasteiger partial charge in [0.15, 0.2) is 11.0 Å². The molecule has 1 N–H and O–H groups in total. The van der Waals surface area contributed by atoms with Crippen molar-refractivity contribution in [2.24, 2.45) is 0 Å². The van der Waals surface area contributed by atoms with E-state index in [4.69, 9.17) is 4.74 Å². The molecule has 0 saturated heterocycles. The molecule has 0 atom stereocenters. The van der Waals surface area contributed by atoms with E-state index in [1.807, 2.05) is 6.07 Å². The van der Waals surface area contributed by atoms with E-state index in [1.165, 1.54) is 36.0 Å². The molecule has 1 aromatic heterocycles. The maximum absolute atomic E-state index is 13.9. The van der Waals surface area contributed by atoms with Gasteiger partial charge in [-0.3, -0.25) is 9.36 Å². The fraction of sp³-hybridized carbons (Fsp3) is 0.125. The summed E-state index contributed by atoms with van der Waals surface area (Å²) in [5.41, 5.74) is 1.77. The Morgan fingerprint density at radius 1 is 1.00 bits per heavy atom. The zero-order chi connectivity index (χ0) is 23.2. The van der Waals surface area contributed by atoms with Crippen LogP contribution < -0.4 is 10.1 Å². The Hall–Kier alpha value is -3.72. The van der Waals surface area contributed by atoms with Crippen LogP contribution in [0.1, 0.15) is 21.7 Å². The van der Waals surface area contributed by atoms with E-state index in [2.05, 4.69) is 15.5 Å². The van der Waals surface area contributed by atoms with Crippen molar-refractivity contribution in [3.8, 4) is 11.4 Å². The number of halogens is 2. The highest BCUT2D eigenvalue weighted by Gasteiger charge is 2.17. The molecule has 4 aromatic rings. The molecule has 33 heavy (non-hydrogen) atoms. The van der Waals surface area contributed by atoms with E-state index in [1.54, 1.807) is 54.1 Å². The van der Waals surface area contributed by atoms with E-state index in [-0.39, 0.29) is 18.3 Å². The van der Waals surface area contributed by atoms with Crippen molar-refractivity contribution >= 4 is 17.7 Å². The molecule has 0 radical (unpaired) electrons. The number of carbonyl (C=O) groups excluding carboxylic acids is 1. The number of hydrogen-bond acceptors (Lipinski definition) is 5. The van der Waals surface area contributed by atoms with Crippen LogP contribution in [-0.2, 0) is 12.3 Å². The lowest BCUT2D eigenvalue weighted by Gasteiger charge is -2.11. The Morgan fingerprint density at radius 3 is 2.42 bits per heavy atom. The molecule has 0 unspecified atom stereocenters. The van der Waals surface area contributed by atoms with Crippen molar-refractivity contribution in [1.29, 1.82) is 0 Å². The fourth-order valence-corrected chi connectivity index (χ4v) is 4.08. The molecule has 0 spiro atoms. The van der Waals surface area contributed by atoms with Gasteiger partial charge in [0.1, 0.15) is 17.4 Å². The molecule has 1 heterocycles. The van der Waals surface area contributed by atoms with Crippen LogP contribution >= 0.6 is 11.8 Å². The summed E-state index contributed by atoms with van der Waals surface area (Å²) in [7, 11) is 1.55. The Morgan fingerprint density at radius 2 is 1.73 bits per heavy atom. The van der Waals surface area contributed by atoms with Gasteiger partial charge in [0.25, 0.3) is 5.91 Å². The van der Waals surface area contributed by atoms with Crippen LogP contribution in [0.4, 0.5) is 8.78 Å². The van der Waals surface area contributed by atoms with E-state index in [0.29, 0.717) is 33.7 Å². The summed E-state index contributed by atoms with van der Waals surface area (Å²) < 4.78 is 34.2. The number of amides is 1. The molecular weight excluding hydrogens is 446 g/mol. The second kappa shape index (κ2) is 10.3. The van der Waals surface area contributed by atoms with Gasteiger partial charge in [0.05, 0.1) is 19.3 Å². The molecule has 0 bridgehead atoms. The number of rotatable bonds is 8. The summed E-state index contributed by atoms with van der Waals surface area (Å²) in [4.78, 5) is 12.6. The first-order chi connectivity index (χ1) is 16.0. The molecule has 1 amide bonds. The van der Waals surface area contributed by atoms with Crippen LogP contribution in [-0.4, -0.2) is 27.8 Å². The van der Waals surface area contributed by atoms with Crippen LogP contribution in [0.15, 0.2) is 78.0 Å². The fourth-order valence-electron chi connectivity index (χ4n) is 3.16. The van der Waals surface area contributed by atoms with Crippen LogP contribution in [0.5, 0.6) is 5.75 Å².